The standard InChI is InChI=1S/C14H10FN3O/c15-9-4-6-10(7-5-9)18-13-3-1-2-11(14(16)19)12(13)8-17-18/h1-8H,(H2,16,19). The summed E-state index contributed by atoms with van der Waals surface area (Å²) in [4.78, 5) is 11.3. The topological polar surface area (TPSA) is 60.9 Å². The Morgan fingerprint density at radius 1 is 1.16 bits per heavy atom. The van der Waals surface area contributed by atoms with Crippen LogP contribution in [0.1, 0.15) is 10.4 Å². The van der Waals surface area contributed by atoms with Gasteiger partial charge >= 0.3 is 0 Å². The Bertz CT molecular complexity index is 762. The second kappa shape index (κ2) is 4.20. The van der Waals surface area contributed by atoms with E-state index in [2.05, 4.69) is 5.10 Å². The predicted octanol–water partition coefficient (Wildman–Crippen LogP) is 2.26. The van der Waals surface area contributed by atoms with Gasteiger partial charge in [0.25, 0.3) is 0 Å². The molecule has 5 heteroatoms. The molecule has 0 fully saturated rings. The van der Waals surface area contributed by atoms with Crippen molar-refractivity contribution in [3.05, 3.63) is 60.0 Å². The van der Waals surface area contributed by atoms with Crippen molar-refractivity contribution in [3.63, 3.8) is 0 Å². The van der Waals surface area contributed by atoms with E-state index in [9.17, 15) is 9.18 Å². The molecule has 1 amide bonds. The van der Waals surface area contributed by atoms with Gasteiger partial charge in [-0.1, -0.05) is 6.07 Å². The summed E-state index contributed by atoms with van der Waals surface area (Å²) < 4.78 is 14.6. The lowest BCUT2D eigenvalue weighted by Crippen LogP contribution is -2.11. The van der Waals surface area contributed by atoms with Crippen LogP contribution in [-0.2, 0) is 0 Å². The average molecular weight is 255 g/mol. The second-order valence-electron chi connectivity index (χ2n) is 4.14. The molecule has 2 aromatic carbocycles. The molecule has 0 aliphatic carbocycles. The van der Waals surface area contributed by atoms with Crippen molar-refractivity contribution < 1.29 is 9.18 Å². The fourth-order valence-corrected chi connectivity index (χ4v) is 2.05. The van der Waals surface area contributed by atoms with Crippen LogP contribution in [0.15, 0.2) is 48.7 Å². The van der Waals surface area contributed by atoms with E-state index in [0.29, 0.717) is 10.9 Å². The number of fused-ring (bicyclic) bond motifs is 1. The van der Waals surface area contributed by atoms with E-state index in [1.807, 2.05) is 6.07 Å². The summed E-state index contributed by atoms with van der Waals surface area (Å²) in [7, 11) is 0. The number of benzene rings is 2. The number of hydrogen-bond acceptors (Lipinski definition) is 2. The lowest BCUT2D eigenvalue weighted by Gasteiger charge is -2.04. The molecule has 0 saturated carbocycles. The number of nitrogens with two attached hydrogens (primary N) is 1. The van der Waals surface area contributed by atoms with E-state index < -0.39 is 5.91 Å². The summed E-state index contributed by atoms with van der Waals surface area (Å²) >= 11 is 0. The molecule has 4 nitrogen and oxygen atoms in total. The lowest BCUT2D eigenvalue weighted by atomic mass is 10.1. The Hall–Kier alpha value is -2.69. The van der Waals surface area contributed by atoms with Gasteiger partial charge in [-0.25, -0.2) is 9.07 Å². The first-order chi connectivity index (χ1) is 9.16. The number of rotatable bonds is 2. The molecule has 1 heterocycles. The smallest absolute Gasteiger partial charge is 0.249 e. The van der Waals surface area contributed by atoms with Gasteiger partial charge in [-0.2, -0.15) is 5.10 Å². The van der Waals surface area contributed by atoms with Gasteiger partial charge in [0.05, 0.1) is 23.0 Å². The van der Waals surface area contributed by atoms with Gasteiger partial charge in [-0.05, 0) is 36.4 Å². The molecule has 0 unspecified atom stereocenters. The van der Waals surface area contributed by atoms with Crippen molar-refractivity contribution in [2.75, 3.05) is 0 Å². The minimum absolute atomic E-state index is 0.307. The van der Waals surface area contributed by atoms with E-state index in [1.165, 1.54) is 12.1 Å². The Balaban J connectivity index is 2.24. The number of carbonyl (C=O) groups is 1. The molecule has 0 radical (unpaired) electrons. The number of carbonyl (C=O) groups excluding carboxylic acids is 1. The molecule has 0 saturated heterocycles. The number of primary amides is 1. The minimum atomic E-state index is -0.496. The molecule has 94 valence electrons. The van der Waals surface area contributed by atoms with Crippen molar-refractivity contribution >= 4 is 16.8 Å². The summed E-state index contributed by atoms with van der Waals surface area (Å²) in [6.45, 7) is 0. The van der Waals surface area contributed by atoms with Crippen LogP contribution in [0.25, 0.3) is 16.6 Å². The number of hydrogen-bond donors (Lipinski definition) is 1. The predicted molar refractivity (Wildman–Crippen MR) is 69.5 cm³/mol. The third-order valence-corrected chi connectivity index (χ3v) is 2.95. The molecule has 0 atom stereocenters. The van der Waals surface area contributed by atoms with Crippen LogP contribution in [0, 0.1) is 5.82 Å². The Kier molecular flexibility index (Phi) is 2.52. The van der Waals surface area contributed by atoms with E-state index in [0.717, 1.165) is 11.2 Å². The van der Waals surface area contributed by atoms with Crippen molar-refractivity contribution in [1.29, 1.82) is 0 Å². The molecular formula is C14H10FN3O. The van der Waals surface area contributed by atoms with E-state index in [1.54, 1.807) is 35.1 Å². The molecule has 0 bridgehead atoms. The minimum Gasteiger partial charge on any atom is -0.366 e. The van der Waals surface area contributed by atoms with E-state index >= 15 is 0 Å². The number of nitrogens with zero attached hydrogens (tertiary/aromatic N) is 2. The van der Waals surface area contributed by atoms with Crippen molar-refractivity contribution in [2.24, 2.45) is 5.73 Å². The molecule has 19 heavy (non-hydrogen) atoms. The summed E-state index contributed by atoms with van der Waals surface area (Å²) in [6.07, 6.45) is 1.58. The fourth-order valence-electron chi connectivity index (χ4n) is 2.05. The van der Waals surface area contributed by atoms with Crippen LogP contribution in [0.5, 0.6) is 0 Å². The molecule has 0 aliphatic rings. The van der Waals surface area contributed by atoms with Crippen molar-refractivity contribution in [2.45, 2.75) is 0 Å². The average Bonchev–Trinajstić information content (AvgIpc) is 2.83. The highest BCUT2D eigenvalue weighted by molar-refractivity contribution is 6.05. The summed E-state index contributed by atoms with van der Waals surface area (Å²) in [5, 5.41) is 4.90. The quantitative estimate of drug-likeness (QED) is 0.763. The highest BCUT2D eigenvalue weighted by Crippen LogP contribution is 2.21. The first-order valence-electron chi connectivity index (χ1n) is 5.69. The Labute approximate surface area is 108 Å². The largest absolute Gasteiger partial charge is 0.366 e. The molecule has 0 aliphatic heterocycles. The van der Waals surface area contributed by atoms with Gasteiger partial charge in [0, 0.05) is 5.39 Å². The highest BCUT2D eigenvalue weighted by Gasteiger charge is 2.11. The molecule has 3 rings (SSSR count). The lowest BCUT2D eigenvalue weighted by molar-refractivity contribution is 0.100. The maximum atomic E-state index is 12.9. The number of halogens is 1. The first-order valence-corrected chi connectivity index (χ1v) is 5.69. The van der Waals surface area contributed by atoms with Crippen LogP contribution >= 0.6 is 0 Å². The van der Waals surface area contributed by atoms with Gasteiger partial charge in [-0.3, -0.25) is 4.79 Å². The zero-order chi connectivity index (χ0) is 13.4. The molecule has 1 aromatic heterocycles. The molecule has 2 N–H and O–H groups in total. The zero-order valence-electron chi connectivity index (χ0n) is 9.88. The van der Waals surface area contributed by atoms with E-state index in [-0.39, 0.29) is 5.82 Å². The van der Waals surface area contributed by atoms with Gasteiger partial charge < -0.3 is 5.73 Å². The second-order valence-corrected chi connectivity index (χ2v) is 4.14. The monoisotopic (exact) mass is 255 g/mol. The zero-order valence-corrected chi connectivity index (χ0v) is 9.88. The normalized spacial score (nSPS) is 10.8. The fraction of sp³-hybridized carbons (Fsp3) is 0. The SMILES string of the molecule is NC(=O)c1cccc2c1cnn2-c1ccc(F)cc1. The third-order valence-electron chi connectivity index (χ3n) is 2.95. The Morgan fingerprint density at radius 3 is 2.58 bits per heavy atom. The summed E-state index contributed by atoms with van der Waals surface area (Å²) in [6, 6.07) is 11.2. The van der Waals surface area contributed by atoms with Crippen LogP contribution < -0.4 is 5.73 Å². The summed E-state index contributed by atoms with van der Waals surface area (Å²) in [5.74, 6) is -0.803. The molecular weight excluding hydrogens is 245 g/mol. The summed E-state index contributed by atoms with van der Waals surface area (Å²) in [5.41, 5.74) is 7.22. The van der Waals surface area contributed by atoms with Crippen LogP contribution in [0.3, 0.4) is 0 Å². The number of amides is 1. The van der Waals surface area contributed by atoms with Gasteiger partial charge in [0.2, 0.25) is 5.91 Å². The van der Waals surface area contributed by atoms with Crippen molar-refractivity contribution in [1.82, 2.24) is 9.78 Å². The van der Waals surface area contributed by atoms with Crippen molar-refractivity contribution in [3.8, 4) is 5.69 Å². The maximum absolute atomic E-state index is 12.9. The number of aromatic nitrogens is 2. The molecule has 3 aromatic rings. The molecule has 0 spiro atoms. The van der Waals surface area contributed by atoms with Crippen LogP contribution in [0.4, 0.5) is 4.39 Å². The Morgan fingerprint density at radius 2 is 1.89 bits per heavy atom. The van der Waals surface area contributed by atoms with Gasteiger partial charge in [0.1, 0.15) is 5.82 Å². The van der Waals surface area contributed by atoms with Crippen LogP contribution in [0.2, 0.25) is 0 Å². The first kappa shape index (κ1) is 11.4. The maximum Gasteiger partial charge on any atom is 0.249 e. The third kappa shape index (κ3) is 1.85. The van der Waals surface area contributed by atoms with Crippen LogP contribution in [-0.4, -0.2) is 15.7 Å². The van der Waals surface area contributed by atoms with Gasteiger partial charge in [-0.15, -0.1) is 0 Å². The highest BCUT2D eigenvalue weighted by atomic mass is 19.1. The van der Waals surface area contributed by atoms with E-state index in [4.69, 9.17) is 5.73 Å². The van der Waals surface area contributed by atoms with Gasteiger partial charge in [0.15, 0.2) is 0 Å².